The van der Waals surface area contributed by atoms with Crippen LogP contribution in [0.5, 0.6) is 0 Å². The molecule has 1 aromatic heterocycles. The first-order valence-electron chi connectivity index (χ1n) is 10.3. The number of nitro groups is 1. The second-order valence-corrected chi connectivity index (χ2v) is 7.38. The molecule has 0 N–H and O–H groups in total. The molecule has 1 fully saturated rings. The van der Waals surface area contributed by atoms with Crippen molar-refractivity contribution < 1.29 is 14.5 Å². The number of aromatic nitrogens is 3. The minimum absolute atomic E-state index is 0.0146. The van der Waals surface area contributed by atoms with Crippen LogP contribution in [0.3, 0.4) is 0 Å². The Labute approximate surface area is 179 Å². The van der Waals surface area contributed by atoms with Gasteiger partial charge >= 0.3 is 5.69 Å². The Balaban J connectivity index is 1.60. The molecule has 0 spiro atoms. The summed E-state index contributed by atoms with van der Waals surface area (Å²) < 4.78 is 8.20. The average Bonchev–Trinajstić information content (AvgIpc) is 3.11. The SMILES string of the molecule is CCn1c(C2CCN(C(=O)/C=C/c3ccc([N+](=O)[O-])cc3)CC2)nn(CCOC)c1=O. The van der Waals surface area contributed by atoms with Crippen LogP contribution in [0.2, 0.25) is 0 Å². The van der Waals surface area contributed by atoms with E-state index in [-0.39, 0.29) is 23.2 Å². The second kappa shape index (κ2) is 10.2. The van der Waals surface area contributed by atoms with E-state index in [1.54, 1.807) is 34.8 Å². The van der Waals surface area contributed by atoms with E-state index in [0.29, 0.717) is 32.8 Å². The smallest absolute Gasteiger partial charge is 0.345 e. The highest BCUT2D eigenvalue weighted by Gasteiger charge is 2.27. The standard InChI is InChI=1S/C21H27N5O5/c1-3-24-20(22-25(21(24)28)14-15-31-2)17-10-12-23(13-11-17)19(27)9-6-16-4-7-18(8-5-16)26(29)30/h4-9,17H,3,10-15H2,1-2H3/b9-6+. The van der Waals surface area contributed by atoms with Crippen LogP contribution in [-0.4, -0.2) is 56.9 Å². The lowest BCUT2D eigenvalue weighted by atomic mass is 9.95. The molecule has 1 aliphatic rings. The summed E-state index contributed by atoms with van der Waals surface area (Å²) in [6, 6.07) is 6.04. The summed E-state index contributed by atoms with van der Waals surface area (Å²) in [7, 11) is 1.59. The third-order valence-corrected chi connectivity index (χ3v) is 5.47. The van der Waals surface area contributed by atoms with Crippen molar-refractivity contribution in [1.82, 2.24) is 19.2 Å². The van der Waals surface area contributed by atoms with Crippen molar-refractivity contribution in [1.29, 1.82) is 0 Å². The fraction of sp³-hybridized carbons (Fsp3) is 0.476. The molecular weight excluding hydrogens is 402 g/mol. The van der Waals surface area contributed by atoms with Gasteiger partial charge in [0, 0.05) is 50.9 Å². The number of carbonyl (C=O) groups is 1. The molecule has 0 bridgehead atoms. The number of rotatable bonds is 8. The normalized spacial score (nSPS) is 15.0. The molecule has 2 aromatic rings. The molecule has 1 saturated heterocycles. The molecular formula is C21H27N5O5. The van der Waals surface area contributed by atoms with Crippen molar-refractivity contribution in [3.8, 4) is 0 Å². The average molecular weight is 429 g/mol. The van der Waals surface area contributed by atoms with Crippen LogP contribution in [0.25, 0.3) is 6.08 Å². The summed E-state index contributed by atoms with van der Waals surface area (Å²) in [5.41, 5.74) is 0.613. The van der Waals surface area contributed by atoms with E-state index >= 15 is 0 Å². The zero-order chi connectivity index (χ0) is 22.4. The molecule has 1 aliphatic heterocycles. The summed E-state index contributed by atoms with van der Waals surface area (Å²) in [4.78, 5) is 37.1. The van der Waals surface area contributed by atoms with Gasteiger partial charge in [0.25, 0.3) is 5.69 Å². The lowest BCUT2D eigenvalue weighted by molar-refractivity contribution is -0.384. The van der Waals surface area contributed by atoms with E-state index < -0.39 is 4.92 Å². The van der Waals surface area contributed by atoms with Gasteiger partial charge in [-0.1, -0.05) is 0 Å². The Hall–Kier alpha value is -3.27. The van der Waals surface area contributed by atoms with Crippen LogP contribution in [0, 0.1) is 10.1 Å². The van der Waals surface area contributed by atoms with Crippen molar-refractivity contribution in [3.05, 3.63) is 62.3 Å². The van der Waals surface area contributed by atoms with E-state index in [0.717, 1.165) is 24.2 Å². The Bertz CT molecular complexity index is 1000. The fourth-order valence-corrected chi connectivity index (χ4v) is 3.72. The quantitative estimate of drug-likeness (QED) is 0.361. The highest BCUT2D eigenvalue weighted by atomic mass is 16.6. The number of ether oxygens (including phenoxy) is 1. The molecule has 10 heteroatoms. The van der Waals surface area contributed by atoms with Gasteiger partial charge in [-0.05, 0) is 43.5 Å². The van der Waals surface area contributed by atoms with Crippen LogP contribution >= 0.6 is 0 Å². The highest BCUT2D eigenvalue weighted by Crippen LogP contribution is 2.26. The van der Waals surface area contributed by atoms with Crippen molar-refractivity contribution in [2.45, 2.75) is 38.8 Å². The zero-order valence-electron chi connectivity index (χ0n) is 17.8. The Morgan fingerprint density at radius 3 is 2.55 bits per heavy atom. The maximum Gasteiger partial charge on any atom is 0.345 e. The minimum Gasteiger partial charge on any atom is -0.383 e. The number of likely N-dealkylation sites (tertiary alicyclic amines) is 1. The lowest BCUT2D eigenvalue weighted by Gasteiger charge is -2.30. The molecule has 166 valence electrons. The first-order valence-corrected chi connectivity index (χ1v) is 10.3. The molecule has 2 heterocycles. The maximum absolute atomic E-state index is 12.5. The van der Waals surface area contributed by atoms with Crippen LogP contribution < -0.4 is 5.69 Å². The zero-order valence-corrected chi connectivity index (χ0v) is 17.8. The maximum atomic E-state index is 12.5. The molecule has 0 atom stereocenters. The largest absolute Gasteiger partial charge is 0.383 e. The Kier molecular flexibility index (Phi) is 7.35. The monoisotopic (exact) mass is 429 g/mol. The summed E-state index contributed by atoms with van der Waals surface area (Å²) >= 11 is 0. The first-order chi connectivity index (χ1) is 14.9. The molecule has 0 radical (unpaired) electrons. The van der Waals surface area contributed by atoms with Gasteiger partial charge in [-0.2, -0.15) is 5.10 Å². The van der Waals surface area contributed by atoms with Gasteiger partial charge in [-0.3, -0.25) is 19.5 Å². The van der Waals surface area contributed by atoms with Crippen molar-refractivity contribution >= 4 is 17.7 Å². The number of non-ortho nitro benzene ring substituents is 1. The van der Waals surface area contributed by atoms with Gasteiger partial charge in [0.2, 0.25) is 5.91 Å². The van der Waals surface area contributed by atoms with E-state index in [1.807, 2.05) is 6.92 Å². The third-order valence-electron chi connectivity index (χ3n) is 5.47. The number of nitro benzene ring substituents is 1. The topological polar surface area (TPSA) is 112 Å². The predicted molar refractivity (Wildman–Crippen MR) is 115 cm³/mol. The van der Waals surface area contributed by atoms with Crippen LogP contribution in [-0.2, 0) is 22.6 Å². The molecule has 3 rings (SSSR count). The van der Waals surface area contributed by atoms with Crippen LogP contribution in [0.15, 0.2) is 35.1 Å². The number of amides is 1. The van der Waals surface area contributed by atoms with Crippen LogP contribution in [0.4, 0.5) is 5.69 Å². The van der Waals surface area contributed by atoms with Gasteiger partial charge in [-0.15, -0.1) is 0 Å². The number of hydrogen-bond acceptors (Lipinski definition) is 6. The van der Waals surface area contributed by atoms with E-state index in [2.05, 4.69) is 5.10 Å². The molecule has 10 nitrogen and oxygen atoms in total. The molecule has 0 saturated carbocycles. The van der Waals surface area contributed by atoms with E-state index in [1.165, 1.54) is 22.9 Å². The number of piperidine rings is 1. The van der Waals surface area contributed by atoms with Crippen molar-refractivity contribution in [2.24, 2.45) is 0 Å². The highest BCUT2D eigenvalue weighted by molar-refractivity contribution is 5.91. The van der Waals surface area contributed by atoms with Gasteiger partial charge in [0.1, 0.15) is 5.82 Å². The number of nitrogens with zero attached hydrogens (tertiary/aromatic N) is 5. The van der Waals surface area contributed by atoms with Gasteiger partial charge in [-0.25, -0.2) is 9.48 Å². The van der Waals surface area contributed by atoms with Gasteiger partial charge < -0.3 is 9.64 Å². The third kappa shape index (κ3) is 5.26. The number of benzene rings is 1. The number of hydrogen-bond donors (Lipinski definition) is 0. The molecule has 0 unspecified atom stereocenters. The Morgan fingerprint density at radius 1 is 1.29 bits per heavy atom. The lowest BCUT2D eigenvalue weighted by Crippen LogP contribution is -2.37. The molecule has 1 aromatic carbocycles. The minimum atomic E-state index is -0.457. The summed E-state index contributed by atoms with van der Waals surface area (Å²) in [5, 5.41) is 15.2. The van der Waals surface area contributed by atoms with E-state index in [4.69, 9.17) is 4.74 Å². The summed E-state index contributed by atoms with van der Waals surface area (Å²) in [6.45, 7) is 4.48. The summed E-state index contributed by atoms with van der Waals surface area (Å²) in [6.07, 6.45) is 4.61. The van der Waals surface area contributed by atoms with Gasteiger partial charge in [0.05, 0.1) is 18.1 Å². The number of methoxy groups -OCH3 is 1. The second-order valence-electron chi connectivity index (χ2n) is 7.38. The van der Waals surface area contributed by atoms with Crippen LogP contribution in [0.1, 0.15) is 37.1 Å². The predicted octanol–water partition coefficient (Wildman–Crippen LogP) is 2.04. The summed E-state index contributed by atoms with van der Waals surface area (Å²) in [5.74, 6) is 0.798. The Morgan fingerprint density at radius 2 is 1.97 bits per heavy atom. The fourth-order valence-electron chi connectivity index (χ4n) is 3.72. The van der Waals surface area contributed by atoms with Crippen molar-refractivity contribution in [3.63, 3.8) is 0 Å². The molecule has 1 amide bonds. The van der Waals surface area contributed by atoms with Crippen molar-refractivity contribution in [2.75, 3.05) is 26.8 Å². The van der Waals surface area contributed by atoms with Gasteiger partial charge in [0.15, 0.2) is 0 Å². The molecule has 31 heavy (non-hydrogen) atoms. The first kappa shape index (κ1) is 22.4. The van der Waals surface area contributed by atoms with E-state index in [9.17, 15) is 19.7 Å². The number of carbonyl (C=O) groups excluding carboxylic acids is 1. The molecule has 0 aliphatic carbocycles.